The largest absolute Gasteiger partial charge is 0.395 e. The van der Waals surface area contributed by atoms with Gasteiger partial charge in [-0.25, -0.2) is 4.98 Å². The second kappa shape index (κ2) is 7.96. The molecule has 0 spiro atoms. The summed E-state index contributed by atoms with van der Waals surface area (Å²) in [5, 5.41) is 15.9. The Morgan fingerprint density at radius 1 is 1.04 bits per heavy atom. The first kappa shape index (κ1) is 17.2. The van der Waals surface area contributed by atoms with Crippen LogP contribution in [0.1, 0.15) is 5.56 Å². The molecular weight excluding hydrogens is 336 g/mol. The smallest absolute Gasteiger partial charge is 0.225 e. The van der Waals surface area contributed by atoms with Crippen molar-refractivity contribution >= 4 is 29.1 Å². The molecule has 1 heterocycles. The lowest BCUT2D eigenvalue weighted by atomic mass is 10.1. The minimum Gasteiger partial charge on any atom is -0.395 e. The highest BCUT2D eigenvalue weighted by molar-refractivity contribution is 6.33. The SMILES string of the molecule is Cc1ccc(Nc2cc(-c3ccccc3)nc(NCCO)n2)c(Cl)c1. The van der Waals surface area contributed by atoms with Gasteiger partial charge in [0.1, 0.15) is 5.82 Å². The zero-order valence-corrected chi connectivity index (χ0v) is 14.6. The number of hydrogen-bond acceptors (Lipinski definition) is 5. The Labute approximate surface area is 151 Å². The van der Waals surface area contributed by atoms with E-state index in [0.717, 1.165) is 22.5 Å². The van der Waals surface area contributed by atoms with Gasteiger partial charge in [0.25, 0.3) is 0 Å². The van der Waals surface area contributed by atoms with E-state index in [2.05, 4.69) is 20.6 Å². The number of aryl methyl sites for hydroxylation is 1. The van der Waals surface area contributed by atoms with E-state index in [-0.39, 0.29) is 6.61 Å². The summed E-state index contributed by atoms with van der Waals surface area (Å²) in [6, 6.07) is 17.5. The molecule has 0 saturated carbocycles. The van der Waals surface area contributed by atoms with Crippen LogP contribution in [0.25, 0.3) is 11.3 Å². The van der Waals surface area contributed by atoms with Crippen LogP contribution in [0.4, 0.5) is 17.5 Å². The third-order valence-electron chi connectivity index (χ3n) is 3.58. The van der Waals surface area contributed by atoms with Crippen molar-refractivity contribution < 1.29 is 5.11 Å². The fourth-order valence-electron chi connectivity index (χ4n) is 2.37. The van der Waals surface area contributed by atoms with Crippen LogP contribution >= 0.6 is 11.6 Å². The quantitative estimate of drug-likeness (QED) is 0.617. The van der Waals surface area contributed by atoms with Gasteiger partial charge < -0.3 is 15.7 Å². The second-order valence-corrected chi connectivity index (χ2v) is 5.99. The number of rotatable bonds is 6. The molecule has 128 valence electrons. The minimum atomic E-state index is 0.00543. The lowest BCUT2D eigenvalue weighted by Crippen LogP contribution is -2.10. The number of hydrogen-bond donors (Lipinski definition) is 3. The lowest BCUT2D eigenvalue weighted by Gasteiger charge is -2.12. The molecule has 1 aromatic heterocycles. The van der Waals surface area contributed by atoms with Crippen LogP contribution in [0, 0.1) is 6.92 Å². The number of aliphatic hydroxyl groups is 1. The zero-order chi connectivity index (χ0) is 17.6. The first-order chi connectivity index (χ1) is 12.2. The Morgan fingerprint density at radius 2 is 1.84 bits per heavy atom. The molecule has 0 unspecified atom stereocenters. The number of nitrogens with one attached hydrogen (secondary N) is 2. The minimum absolute atomic E-state index is 0.00543. The Kier molecular flexibility index (Phi) is 5.48. The molecule has 6 heteroatoms. The highest BCUT2D eigenvalue weighted by Crippen LogP contribution is 2.28. The van der Waals surface area contributed by atoms with Crippen molar-refractivity contribution in [2.75, 3.05) is 23.8 Å². The normalized spacial score (nSPS) is 10.5. The molecule has 2 aromatic carbocycles. The van der Waals surface area contributed by atoms with Crippen molar-refractivity contribution in [2.24, 2.45) is 0 Å². The van der Waals surface area contributed by atoms with E-state index in [4.69, 9.17) is 16.7 Å². The van der Waals surface area contributed by atoms with Crippen molar-refractivity contribution in [3.8, 4) is 11.3 Å². The highest BCUT2D eigenvalue weighted by atomic mass is 35.5. The van der Waals surface area contributed by atoms with E-state index >= 15 is 0 Å². The molecule has 3 aromatic rings. The summed E-state index contributed by atoms with van der Waals surface area (Å²) in [5.41, 5.74) is 3.63. The summed E-state index contributed by atoms with van der Waals surface area (Å²) >= 11 is 6.31. The first-order valence-electron chi connectivity index (χ1n) is 7.98. The van der Waals surface area contributed by atoms with Gasteiger partial charge in [0.05, 0.1) is 23.0 Å². The standard InChI is InChI=1S/C19H19ClN4O/c1-13-7-8-16(15(20)11-13)22-18-12-17(14-5-3-2-4-6-14)23-19(24-18)21-9-10-25/h2-8,11-12,25H,9-10H2,1H3,(H2,21,22,23,24). The van der Waals surface area contributed by atoms with Gasteiger partial charge in [-0.15, -0.1) is 0 Å². The lowest BCUT2D eigenvalue weighted by molar-refractivity contribution is 0.311. The average molecular weight is 355 g/mol. The molecule has 25 heavy (non-hydrogen) atoms. The van der Waals surface area contributed by atoms with Gasteiger partial charge in [-0.2, -0.15) is 4.98 Å². The van der Waals surface area contributed by atoms with Crippen LogP contribution in [0.5, 0.6) is 0 Å². The van der Waals surface area contributed by atoms with Gasteiger partial charge in [0, 0.05) is 18.2 Å². The van der Waals surface area contributed by atoms with Gasteiger partial charge in [-0.3, -0.25) is 0 Å². The summed E-state index contributed by atoms with van der Waals surface area (Å²) in [4.78, 5) is 8.97. The predicted molar refractivity (Wildman–Crippen MR) is 103 cm³/mol. The van der Waals surface area contributed by atoms with Crippen molar-refractivity contribution in [1.82, 2.24) is 9.97 Å². The molecule has 0 aliphatic heterocycles. The van der Waals surface area contributed by atoms with E-state index in [0.29, 0.717) is 23.3 Å². The summed E-state index contributed by atoms with van der Waals surface area (Å²) in [7, 11) is 0. The summed E-state index contributed by atoms with van der Waals surface area (Å²) in [6.45, 7) is 2.37. The number of nitrogens with zero attached hydrogens (tertiary/aromatic N) is 2. The number of aliphatic hydroxyl groups excluding tert-OH is 1. The van der Waals surface area contributed by atoms with Gasteiger partial charge in [-0.05, 0) is 24.6 Å². The third-order valence-corrected chi connectivity index (χ3v) is 3.89. The summed E-state index contributed by atoms with van der Waals surface area (Å²) in [5.74, 6) is 1.07. The Balaban J connectivity index is 1.96. The maximum atomic E-state index is 9.03. The van der Waals surface area contributed by atoms with Crippen molar-refractivity contribution in [2.45, 2.75) is 6.92 Å². The predicted octanol–water partition coefficient (Wildman–Crippen LogP) is 4.25. The Bertz CT molecular complexity index is 855. The molecule has 3 N–H and O–H groups in total. The summed E-state index contributed by atoms with van der Waals surface area (Å²) in [6.07, 6.45) is 0. The molecule has 3 rings (SSSR count). The molecule has 0 atom stereocenters. The van der Waals surface area contributed by atoms with Crippen LogP contribution in [-0.4, -0.2) is 28.2 Å². The van der Waals surface area contributed by atoms with Gasteiger partial charge in [-0.1, -0.05) is 48.0 Å². The molecule has 0 bridgehead atoms. The van der Waals surface area contributed by atoms with Crippen LogP contribution in [0.2, 0.25) is 5.02 Å². The van der Waals surface area contributed by atoms with Gasteiger partial charge >= 0.3 is 0 Å². The molecule has 0 aliphatic carbocycles. The molecule has 0 fully saturated rings. The monoisotopic (exact) mass is 354 g/mol. The number of anilines is 3. The van der Waals surface area contributed by atoms with Gasteiger partial charge in [0.2, 0.25) is 5.95 Å². The summed E-state index contributed by atoms with van der Waals surface area (Å²) < 4.78 is 0. The van der Waals surface area contributed by atoms with Gasteiger partial charge in [0.15, 0.2) is 0 Å². The number of aromatic nitrogens is 2. The number of halogens is 1. The fraction of sp³-hybridized carbons (Fsp3) is 0.158. The van der Waals surface area contributed by atoms with E-state index in [9.17, 15) is 0 Å². The third kappa shape index (κ3) is 4.47. The maximum Gasteiger partial charge on any atom is 0.225 e. The average Bonchev–Trinajstić information content (AvgIpc) is 2.63. The molecule has 0 saturated heterocycles. The van der Waals surface area contributed by atoms with E-state index in [1.165, 1.54) is 0 Å². The number of benzene rings is 2. The van der Waals surface area contributed by atoms with E-state index < -0.39 is 0 Å². The highest BCUT2D eigenvalue weighted by Gasteiger charge is 2.08. The molecule has 0 amide bonds. The van der Waals surface area contributed by atoms with E-state index in [1.54, 1.807) is 0 Å². The first-order valence-corrected chi connectivity index (χ1v) is 8.36. The molecule has 5 nitrogen and oxygen atoms in total. The zero-order valence-electron chi connectivity index (χ0n) is 13.8. The Hall–Kier alpha value is -2.63. The topological polar surface area (TPSA) is 70.1 Å². The van der Waals surface area contributed by atoms with Crippen LogP contribution in [0.15, 0.2) is 54.6 Å². The van der Waals surface area contributed by atoms with Crippen LogP contribution in [-0.2, 0) is 0 Å². The van der Waals surface area contributed by atoms with Crippen LogP contribution < -0.4 is 10.6 Å². The van der Waals surface area contributed by atoms with Crippen molar-refractivity contribution in [1.29, 1.82) is 0 Å². The maximum absolute atomic E-state index is 9.03. The van der Waals surface area contributed by atoms with Crippen molar-refractivity contribution in [3.63, 3.8) is 0 Å². The fourth-order valence-corrected chi connectivity index (χ4v) is 2.66. The molecule has 0 radical (unpaired) electrons. The molecule has 0 aliphatic rings. The van der Waals surface area contributed by atoms with Crippen molar-refractivity contribution in [3.05, 3.63) is 65.2 Å². The van der Waals surface area contributed by atoms with Crippen LogP contribution in [0.3, 0.4) is 0 Å². The van der Waals surface area contributed by atoms with E-state index in [1.807, 2.05) is 61.5 Å². The second-order valence-electron chi connectivity index (χ2n) is 5.59. The Morgan fingerprint density at radius 3 is 2.56 bits per heavy atom. The molecular formula is C19H19ClN4O.